The molecule has 2 nitrogen and oxygen atoms in total. The summed E-state index contributed by atoms with van der Waals surface area (Å²) in [5.41, 5.74) is 3.47. The number of hydrogen-bond donors (Lipinski definition) is 0. The normalized spacial score (nSPS) is 18.6. The summed E-state index contributed by atoms with van der Waals surface area (Å²) in [6, 6.07) is 20.6. The molecule has 0 spiro atoms. The van der Waals surface area contributed by atoms with Crippen LogP contribution < -0.4 is 0 Å². The van der Waals surface area contributed by atoms with Crippen molar-refractivity contribution in [1.82, 2.24) is 4.90 Å². The van der Waals surface area contributed by atoms with E-state index >= 15 is 0 Å². The Morgan fingerprint density at radius 2 is 1.47 bits per heavy atom. The van der Waals surface area contributed by atoms with Gasteiger partial charge in [0.05, 0.1) is 5.70 Å². The van der Waals surface area contributed by atoms with Crippen LogP contribution >= 0.6 is 0 Å². The number of ether oxygens (including phenoxy) is 1. The Labute approximate surface area is 113 Å². The van der Waals surface area contributed by atoms with E-state index in [0.29, 0.717) is 0 Å². The summed E-state index contributed by atoms with van der Waals surface area (Å²) in [6.45, 7) is 2.10. The van der Waals surface area contributed by atoms with Crippen molar-refractivity contribution in [1.29, 1.82) is 0 Å². The molecule has 1 aliphatic heterocycles. The van der Waals surface area contributed by atoms with Crippen molar-refractivity contribution >= 4 is 5.76 Å². The van der Waals surface area contributed by atoms with Crippen molar-refractivity contribution in [2.45, 2.75) is 13.2 Å². The van der Waals surface area contributed by atoms with Crippen molar-refractivity contribution < 1.29 is 4.74 Å². The molecule has 0 saturated carbocycles. The lowest BCUT2D eigenvalue weighted by molar-refractivity contribution is 0.0810. The molecule has 2 aromatic rings. The molecular formula is C17H17NO. The van der Waals surface area contributed by atoms with Gasteiger partial charge < -0.3 is 9.64 Å². The first-order valence-electron chi connectivity index (χ1n) is 6.48. The maximum Gasteiger partial charge on any atom is 0.198 e. The molecular weight excluding hydrogens is 234 g/mol. The van der Waals surface area contributed by atoms with E-state index in [1.807, 2.05) is 36.4 Å². The number of allylic oxidation sites excluding steroid dienone is 1. The zero-order valence-electron chi connectivity index (χ0n) is 11.2. The predicted molar refractivity (Wildman–Crippen MR) is 77.1 cm³/mol. The summed E-state index contributed by atoms with van der Waals surface area (Å²) >= 11 is 0. The van der Waals surface area contributed by atoms with Gasteiger partial charge in [-0.1, -0.05) is 60.7 Å². The first kappa shape index (κ1) is 11.8. The number of rotatable bonds is 2. The molecule has 0 amide bonds. The quantitative estimate of drug-likeness (QED) is 0.798. The van der Waals surface area contributed by atoms with E-state index < -0.39 is 0 Å². The number of nitrogens with zero attached hydrogens (tertiary/aromatic N) is 1. The van der Waals surface area contributed by atoms with Crippen LogP contribution in [-0.2, 0) is 4.74 Å². The van der Waals surface area contributed by atoms with Gasteiger partial charge in [0.15, 0.2) is 6.23 Å². The topological polar surface area (TPSA) is 12.5 Å². The Balaban J connectivity index is 1.93. The standard InChI is InChI=1S/C17H17NO/c1-13-16(14-9-5-3-6-10-14)19-17(18(13)2)15-11-7-4-8-12-15/h3-12,17H,1-2H3. The zero-order valence-corrected chi connectivity index (χ0v) is 11.2. The maximum atomic E-state index is 6.16. The third-order valence-corrected chi connectivity index (χ3v) is 3.56. The minimum absolute atomic E-state index is 0.0311. The molecule has 1 heterocycles. The van der Waals surface area contributed by atoms with Crippen LogP contribution in [0.3, 0.4) is 0 Å². The van der Waals surface area contributed by atoms with Crippen LogP contribution in [0.5, 0.6) is 0 Å². The van der Waals surface area contributed by atoms with Crippen LogP contribution in [-0.4, -0.2) is 11.9 Å². The molecule has 0 N–H and O–H groups in total. The molecule has 0 bridgehead atoms. The Kier molecular flexibility index (Phi) is 3.00. The molecule has 2 heteroatoms. The predicted octanol–water partition coefficient (Wildman–Crippen LogP) is 4.04. The van der Waals surface area contributed by atoms with E-state index in [9.17, 15) is 0 Å². The summed E-state index contributed by atoms with van der Waals surface area (Å²) in [5.74, 6) is 0.969. The monoisotopic (exact) mass is 251 g/mol. The van der Waals surface area contributed by atoms with Gasteiger partial charge in [-0.25, -0.2) is 0 Å². The SMILES string of the molecule is CC1=C(c2ccccc2)OC(c2ccccc2)N1C. The summed E-state index contributed by atoms with van der Waals surface area (Å²) in [6.07, 6.45) is -0.0311. The molecule has 19 heavy (non-hydrogen) atoms. The molecule has 1 aliphatic rings. The smallest absolute Gasteiger partial charge is 0.198 e. The molecule has 0 fully saturated rings. The van der Waals surface area contributed by atoms with Crippen molar-refractivity contribution in [3.63, 3.8) is 0 Å². The molecule has 0 aliphatic carbocycles. The van der Waals surface area contributed by atoms with Gasteiger partial charge in [0, 0.05) is 18.2 Å². The molecule has 1 atom stereocenters. The molecule has 0 aromatic heterocycles. The summed E-state index contributed by atoms with van der Waals surface area (Å²) in [7, 11) is 2.07. The average molecular weight is 251 g/mol. The molecule has 0 saturated heterocycles. The van der Waals surface area contributed by atoms with Crippen molar-refractivity contribution in [2.75, 3.05) is 7.05 Å². The fourth-order valence-corrected chi connectivity index (χ4v) is 2.39. The molecule has 3 rings (SSSR count). The lowest BCUT2D eigenvalue weighted by atomic mass is 10.1. The second-order valence-corrected chi connectivity index (χ2v) is 4.77. The second kappa shape index (κ2) is 4.81. The Morgan fingerprint density at radius 1 is 0.895 bits per heavy atom. The van der Waals surface area contributed by atoms with Gasteiger partial charge in [0.25, 0.3) is 0 Å². The highest BCUT2D eigenvalue weighted by molar-refractivity contribution is 5.64. The summed E-state index contributed by atoms with van der Waals surface area (Å²) in [4.78, 5) is 2.18. The minimum atomic E-state index is -0.0311. The van der Waals surface area contributed by atoms with Crippen LogP contribution in [0.25, 0.3) is 5.76 Å². The first-order chi connectivity index (χ1) is 9.27. The molecule has 0 radical (unpaired) electrons. The van der Waals surface area contributed by atoms with Gasteiger partial charge in [0.2, 0.25) is 0 Å². The largest absolute Gasteiger partial charge is 0.464 e. The molecule has 1 unspecified atom stereocenters. The van der Waals surface area contributed by atoms with E-state index in [4.69, 9.17) is 4.74 Å². The van der Waals surface area contributed by atoms with Gasteiger partial charge >= 0.3 is 0 Å². The average Bonchev–Trinajstić information content (AvgIpc) is 2.77. The van der Waals surface area contributed by atoms with Crippen LogP contribution in [0.4, 0.5) is 0 Å². The van der Waals surface area contributed by atoms with Crippen LogP contribution in [0, 0.1) is 0 Å². The lowest BCUT2D eigenvalue weighted by Crippen LogP contribution is -2.18. The summed E-state index contributed by atoms with van der Waals surface area (Å²) in [5, 5.41) is 0. The van der Waals surface area contributed by atoms with Gasteiger partial charge in [0.1, 0.15) is 5.76 Å². The van der Waals surface area contributed by atoms with Crippen LogP contribution in [0.1, 0.15) is 24.3 Å². The van der Waals surface area contributed by atoms with Crippen LogP contribution in [0.15, 0.2) is 66.4 Å². The van der Waals surface area contributed by atoms with Crippen molar-refractivity contribution in [3.8, 4) is 0 Å². The lowest BCUT2D eigenvalue weighted by Gasteiger charge is -2.22. The van der Waals surface area contributed by atoms with E-state index in [1.165, 1.54) is 11.3 Å². The van der Waals surface area contributed by atoms with Crippen molar-refractivity contribution in [3.05, 3.63) is 77.5 Å². The highest BCUT2D eigenvalue weighted by Gasteiger charge is 2.29. The first-order valence-corrected chi connectivity index (χ1v) is 6.48. The van der Waals surface area contributed by atoms with Gasteiger partial charge in [-0.2, -0.15) is 0 Å². The van der Waals surface area contributed by atoms with Gasteiger partial charge in [-0.05, 0) is 6.92 Å². The molecule has 2 aromatic carbocycles. The highest BCUT2D eigenvalue weighted by Crippen LogP contribution is 2.39. The van der Waals surface area contributed by atoms with E-state index in [-0.39, 0.29) is 6.23 Å². The fraction of sp³-hybridized carbons (Fsp3) is 0.176. The van der Waals surface area contributed by atoms with E-state index in [0.717, 1.165) is 11.3 Å². The number of hydrogen-bond acceptors (Lipinski definition) is 2. The summed E-state index contributed by atoms with van der Waals surface area (Å²) < 4.78 is 6.16. The fourth-order valence-electron chi connectivity index (χ4n) is 2.39. The Hall–Kier alpha value is -2.22. The van der Waals surface area contributed by atoms with Gasteiger partial charge in [-0.3, -0.25) is 0 Å². The Morgan fingerprint density at radius 3 is 2.11 bits per heavy atom. The second-order valence-electron chi connectivity index (χ2n) is 4.77. The maximum absolute atomic E-state index is 6.16. The van der Waals surface area contributed by atoms with Crippen LogP contribution in [0.2, 0.25) is 0 Å². The third kappa shape index (κ3) is 2.10. The van der Waals surface area contributed by atoms with Gasteiger partial charge in [-0.15, -0.1) is 0 Å². The highest BCUT2D eigenvalue weighted by atomic mass is 16.5. The zero-order chi connectivity index (χ0) is 13.2. The van der Waals surface area contributed by atoms with Crippen molar-refractivity contribution in [2.24, 2.45) is 0 Å². The molecule has 96 valence electrons. The minimum Gasteiger partial charge on any atom is -0.464 e. The third-order valence-electron chi connectivity index (χ3n) is 3.56. The number of benzene rings is 2. The van der Waals surface area contributed by atoms with E-state index in [1.54, 1.807) is 0 Å². The Bertz CT molecular complexity index is 589. The van der Waals surface area contributed by atoms with E-state index in [2.05, 4.69) is 43.1 Å².